The minimum Gasteiger partial charge on any atom is -0.481 e. The molecule has 5 heteroatoms. The van der Waals surface area contributed by atoms with Gasteiger partial charge in [-0.2, -0.15) is 11.8 Å². The average Bonchev–Trinajstić information content (AvgIpc) is 2.16. The van der Waals surface area contributed by atoms with Crippen molar-refractivity contribution >= 4 is 17.7 Å². The molecule has 1 N–H and O–H groups in total. The van der Waals surface area contributed by atoms with Gasteiger partial charge in [-0.25, -0.2) is 8.78 Å². The second-order valence-corrected chi connectivity index (χ2v) is 5.35. The van der Waals surface area contributed by atoms with Crippen molar-refractivity contribution in [2.45, 2.75) is 38.5 Å². The van der Waals surface area contributed by atoms with E-state index in [9.17, 15) is 13.6 Å². The van der Waals surface area contributed by atoms with Crippen molar-refractivity contribution < 1.29 is 18.7 Å². The van der Waals surface area contributed by atoms with Crippen LogP contribution in [0.25, 0.3) is 0 Å². The minimum absolute atomic E-state index is 0.0995. The normalized spacial score (nSPS) is 23.7. The number of hydrogen-bond acceptors (Lipinski definition) is 2. The van der Waals surface area contributed by atoms with E-state index in [1.54, 1.807) is 0 Å². The molecule has 2 nitrogen and oxygen atoms in total. The van der Waals surface area contributed by atoms with Gasteiger partial charge in [0.2, 0.25) is 5.92 Å². The van der Waals surface area contributed by atoms with E-state index in [1.165, 1.54) is 11.8 Å². The summed E-state index contributed by atoms with van der Waals surface area (Å²) in [4.78, 5) is 11.1. The van der Waals surface area contributed by atoms with Gasteiger partial charge in [0, 0.05) is 18.6 Å². The van der Waals surface area contributed by atoms with Gasteiger partial charge in [0.05, 0.1) is 5.41 Å². The van der Waals surface area contributed by atoms with Gasteiger partial charge in [0.25, 0.3) is 0 Å². The molecule has 1 aliphatic carbocycles. The fourth-order valence-electron chi connectivity index (χ4n) is 1.81. The number of carbonyl (C=O) groups is 1. The zero-order chi connectivity index (χ0) is 11.5. The van der Waals surface area contributed by atoms with Crippen LogP contribution in [0.2, 0.25) is 0 Å². The Labute approximate surface area is 92.4 Å². The van der Waals surface area contributed by atoms with Crippen molar-refractivity contribution in [2.24, 2.45) is 5.41 Å². The molecular formula is C10H16F2O2S. The third kappa shape index (κ3) is 3.06. The number of hydrogen-bond donors (Lipinski definition) is 1. The molecule has 0 atom stereocenters. The molecule has 15 heavy (non-hydrogen) atoms. The van der Waals surface area contributed by atoms with Crippen LogP contribution in [0.5, 0.6) is 0 Å². The SMILES string of the molecule is CCSCC1(C(=O)O)CCC(F)(F)CC1. The van der Waals surface area contributed by atoms with Gasteiger partial charge in [-0.1, -0.05) is 6.92 Å². The molecule has 0 radical (unpaired) electrons. The van der Waals surface area contributed by atoms with Crippen LogP contribution in [0, 0.1) is 5.41 Å². The third-order valence-electron chi connectivity index (χ3n) is 2.97. The van der Waals surface area contributed by atoms with Crippen LogP contribution in [0.4, 0.5) is 8.78 Å². The number of alkyl halides is 2. The summed E-state index contributed by atoms with van der Waals surface area (Å²) >= 11 is 1.52. The van der Waals surface area contributed by atoms with Crippen LogP contribution in [-0.4, -0.2) is 28.5 Å². The van der Waals surface area contributed by atoms with Gasteiger partial charge >= 0.3 is 5.97 Å². The highest BCUT2D eigenvalue weighted by Crippen LogP contribution is 2.45. The predicted octanol–water partition coefficient (Wildman–Crippen LogP) is 3.02. The Morgan fingerprint density at radius 3 is 2.27 bits per heavy atom. The Balaban J connectivity index is 2.65. The first kappa shape index (κ1) is 12.7. The fourth-order valence-corrected chi connectivity index (χ4v) is 2.82. The maximum atomic E-state index is 12.9. The summed E-state index contributed by atoms with van der Waals surface area (Å²) in [6.45, 7) is 1.94. The average molecular weight is 238 g/mol. The lowest BCUT2D eigenvalue weighted by molar-refractivity contribution is -0.154. The standard InChI is InChI=1S/C10H16F2O2S/c1-2-15-7-9(8(13)14)3-5-10(11,12)6-4-9/h2-7H2,1H3,(H,13,14). The van der Waals surface area contributed by atoms with Gasteiger partial charge in [-0.15, -0.1) is 0 Å². The molecule has 1 rings (SSSR count). The molecule has 0 aromatic rings. The molecule has 1 saturated carbocycles. The summed E-state index contributed by atoms with van der Waals surface area (Å²) in [7, 11) is 0. The van der Waals surface area contributed by atoms with Crippen molar-refractivity contribution in [3.63, 3.8) is 0 Å². The first-order valence-corrected chi connectivity index (χ1v) is 6.26. The Morgan fingerprint density at radius 2 is 1.87 bits per heavy atom. The Hall–Kier alpha value is -0.320. The number of halogens is 2. The highest BCUT2D eigenvalue weighted by molar-refractivity contribution is 7.99. The fraction of sp³-hybridized carbons (Fsp3) is 0.900. The number of carboxylic acid groups (broad SMARTS) is 1. The quantitative estimate of drug-likeness (QED) is 0.818. The van der Waals surface area contributed by atoms with Crippen molar-refractivity contribution in [3.05, 3.63) is 0 Å². The van der Waals surface area contributed by atoms with E-state index >= 15 is 0 Å². The predicted molar refractivity (Wildman–Crippen MR) is 56.5 cm³/mol. The number of carboxylic acids is 1. The molecule has 0 aromatic heterocycles. The number of aliphatic carboxylic acids is 1. The van der Waals surface area contributed by atoms with E-state index in [4.69, 9.17) is 5.11 Å². The highest BCUT2D eigenvalue weighted by atomic mass is 32.2. The summed E-state index contributed by atoms with van der Waals surface area (Å²) in [5.74, 6) is -2.30. The van der Waals surface area contributed by atoms with Crippen LogP contribution in [-0.2, 0) is 4.79 Å². The van der Waals surface area contributed by atoms with Crippen molar-refractivity contribution in [3.8, 4) is 0 Å². The molecule has 0 aliphatic heterocycles. The lowest BCUT2D eigenvalue weighted by Gasteiger charge is -2.36. The monoisotopic (exact) mass is 238 g/mol. The lowest BCUT2D eigenvalue weighted by Crippen LogP contribution is -2.41. The van der Waals surface area contributed by atoms with E-state index in [0.717, 1.165) is 5.75 Å². The van der Waals surface area contributed by atoms with Crippen LogP contribution < -0.4 is 0 Å². The van der Waals surface area contributed by atoms with Crippen LogP contribution in [0.1, 0.15) is 32.6 Å². The summed E-state index contributed by atoms with van der Waals surface area (Å²) in [6.07, 6.45) is -0.377. The Bertz CT molecular complexity index is 234. The maximum absolute atomic E-state index is 12.9. The summed E-state index contributed by atoms with van der Waals surface area (Å²) < 4.78 is 25.9. The third-order valence-corrected chi connectivity index (χ3v) is 4.14. The van der Waals surface area contributed by atoms with Crippen molar-refractivity contribution in [1.82, 2.24) is 0 Å². The van der Waals surface area contributed by atoms with E-state index in [2.05, 4.69) is 0 Å². The first-order chi connectivity index (χ1) is 6.92. The van der Waals surface area contributed by atoms with E-state index in [0.29, 0.717) is 5.75 Å². The van der Waals surface area contributed by atoms with Gasteiger partial charge < -0.3 is 5.11 Å². The molecule has 0 heterocycles. The minimum atomic E-state index is -2.66. The topological polar surface area (TPSA) is 37.3 Å². The molecule has 0 aromatic carbocycles. The highest BCUT2D eigenvalue weighted by Gasteiger charge is 2.47. The first-order valence-electron chi connectivity index (χ1n) is 5.11. The van der Waals surface area contributed by atoms with Crippen LogP contribution >= 0.6 is 11.8 Å². The molecule has 0 bridgehead atoms. The lowest BCUT2D eigenvalue weighted by atomic mass is 9.74. The largest absolute Gasteiger partial charge is 0.481 e. The zero-order valence-corrected chi connectivity index (χ0v) is 9.58. The number of rotatable bonds is 4. The Morgan fingerprint density at radius 1 is 1.33 bits per heavy atom. The maximum Gasteiger partial charge on any atom is 0.310 e. The molecule has 0 spiro atoms. The zero-order valence-electron chi connectivity index (χ0n) is 8.76. The molecule has 88 valence electrons. The molecule has 0 amide bonds. The summed E-state index contributed by atoms with van der Waals surface area (Å²) in [5, 5.41) is 9.13. The van der Waals surface area contributed by atoms with Gasteiger partial charge in [0.1, 0.15) is 0 Å². The summed E-state index contributed by atoms with van der Waals surface area (Å²) in [6, 6.07) is 0. The van der Waals surface area contributed by atoms with Gasteiger partial charge in [0.15, 0.2) is 0 Å². The van der Waals surface area contributed by atoms with Gasteiger partial charge in [-0.05, 0) is 18.6 Å². The van der Waals surface area contributed by atoms with E-state index in [-0.39, 0.29) is 25.7 Å². The molecule has 1 aliphatic rings. The van der Waals surface area contributed by atoms with Crippen molar-refractivity contribution in [2.75, 3.05) is 11.5 Å². The molecule has 0 unspecified atom stereocenters. The molecule has 1 fully saturated rings. The van der Waals surface area contributed by atoms with Gasteiger partial charge in [-0.3, -0.25) is 4.79 Å². The van der Waals surface area contributed by atoms with Crippen LogP contribution in [0.15, 0.2) is 0 Å². The van der Waals surface area contributed by atoms with Crippen LogP contribution in [0.3, 0.4) is 0 Å². The molecule has 0 saturated heterocycles. The second-order valence-electron chi connectivity index (χ2n) is 4.08. The Kier molecular flexibility index (Phi) is 3.98. The van der Waals surface area contributed by atoms with E-state index < -0.39 is 17.3 Å². The number of thioether (sulfide) groups is 1. The second kappa shape index (κ2) is 4.68. The molecular weight excluding hydrogens is 222 g/mol. The smallest absolute Gasteiger partial charge is 0.310 e. The van der Waals surface area contributed by atoms with Crippen molar-refractivity contribution in [1.29, 1.82) is 0 Å². The van der Waals surface area contributed by atoms with E-state index in [1.807, 2.05) is 6.92 Å². The summed E-state index contributed by atoms with van der Waals surface area (Å²) in [5.41, 5.74) is -0.914.